The average Bonchev–Trinajstić information content (AvgIpc) is 3.22. The third-order valence-electron chi connectivity index (χ3n) is 5.96. The molecule has 0 unspecified atom stereocenters. The van der Waals surface area contributed by atoms with Crippen LogP contribution in [0.5, 0.6) is 5.75 Å². The van der Waals surface area contributed by atoms with Gasteiger partial charge in [-0.1, -0.05) is 18.2 Å². The summed E-state index contributed by atoms with van der Waals surface area (Å²) in [4.78, 5) is 32.4. The summed E-state index contributed by atoms with van der Waals surface area (Å²) in [7, 11) is 0. The van der Waals surface area contributed by atoms with Crippen molar-refractivity contribution in [3.8, 4) is 5.75 Å². The van der Waals surface area contributed by atoms with E-state index in [1.54, 1.807) is 11.0 Å². The van der Waals surface area contributed by atoms with Crippen LogP contribution in [0.15, 0.2) is 48.7 Å². The summed E-state index contributed by atoms with van der Waals surface area (Å²) in [6.07, 6.45) is 2.14. The van der Waals surface area contributed by atoms with Gasteiger partial charge in [-0.3, -0.25) is 14.5 Å². The minimum atomic E-state index is -0.106. The number of H-pyrrole nitrogens is 1. The number of carbonyl (C=O) groups is 2. The lowest BCUT2D eigenvalue weighted by molar-refractivity contribution is -0.121. The fraction of sp³-hybridized carbons (Fsp3) is 0.333. The van der Waals surface area contributed by atoms with Crippen molar-refractivity contribution in [3.05, 3.63) is 54.2 Å². The molecule has 0 saturated carbocycles. The Morgan fingerprint density at radius 1 is 1.09 bits per heavy atom. The van der Waals surface area contributed by atoms with E-state index in [1.165, 1.54) is 0 Å². The highest BCUT2D eigenvalue weighted by molar-refractivity contribution is 5.99. The van der Waals surface area contributed by atoms with Gasteiger partial charge < -0.3 is 24.7 Å². The predicted octanol–water partition coefficient (Wildman–Crippen LogP) is 2.41. The summed E-state index contributed by atoms with van der Waals surface area (Å²) < 4.78 is 11.1. The second-order valence-corrected chi connectivity index (χ2v) is 8.06. The Balaban J connectivity index is 1.25. The number of aromatic nitrogens is 1. The highest BCUT2D eigenvalue weighted by atomic mass is 16.5. The summed E-state index contributed by atoms with van der Waals surface area (Å²) in [6, 6.07) is 13.4. The zero-order valence-electron chi connectivity index (χ0n) is 17.8. The minimum absolute atomic E-state index is 0.00283. The Bertz CT molecular complexity index is 1140. The molecule has 0 atom stereocenters. The summed E-state index contributed by atoms with van der Waals surface area (Å²) in [5.74, 6) is 0.448. The van der Waals surface area contributed by atoms with Crippen LogP contribution in [0.3, 0.4) is 0 Å². The van der Waals surface area contributed by atoms with E-state index in [0.717, 1.165) is 55.0 Å². The van der Waals surface area contributed by atoms with E-state index in [9.17, 15) is 9.59 Å². The van der Waals surface area contributed by atoms with Crippen molar-refractivity contribution in [1.29, 1.82) is 0 Å². The number of nitrogens with one attached hydrogen (secondary N) is 2. The van der Waals surface area contributed by atoms with Gasteiger partial charge in [0.05, 0.1) is 25.3 Å². The maximum atomic E-state index is 12.6. The molecule has 0 spiro atoms. The number of ether oxygens (including phenoxy) is 2. The highest BCUT2D eigenvalue weighted by Gasteiger charge is 2.26. The van der Waals surface area contributed by atoms with Gasteiger partial charge in [0.25, 0.3) is 5.91 Å². The van der Waals surface area contributed by atoms with E-state index < -0.39 is 0 Å². The van der Waals surface area contributed by atoms with E-state index in [0.29, 0.717) is 18.0 Å². The van der Waals surface area contributed by atoms with Gasteiger partial charge in [0.15, 0.2) is 6.61 Å². The maximum absolute atomic E-state index is 12.6. The van der Waals surface area contributed by atoms with Crippen LogP contribution < -0.4 is 15.0 Å². The molecule has 2 aliphatic heterocycles. The van der Waals surface area contributed by atoms with Crippen LogP contribution >= 0.6 is 0 Å². The van der Waals surface area contributed by atoms with Crippen LogP contribution in [0.2, 0.25) is 0 Å². The summed E-state index contributed by atoms with van der Waals surface area (Å²) in [6.45, 7) is 4.62. The first-order valence-corrected chi connectivity index (χ1v) is 10.9. The zero-order chi connectivity index (χ0) is 21.9. The molecule has 2 aliphatic rings. The molecular formula is C24H26N4O4. The number of anilines is 2. The number of hydrogen-bond acceptors (Lipinski definition) is 5. The number of amides is 2. The molecule has 1 aromatic heterocycles. The van der Waals surface area contributed by atoms with Gasteiger partial charge in [-0.2, -0.15) is 0 Å². The Hall–Kier alpha value is -3.36. The van der Waals surface area contributed by atoms with Crippen molar-refractivity contribution in [2.24, 2.45) is 0 Å². The quantitative estimate of drug-likeness (QED) is 0.622. The lowest BCUT2D eigenvalue weighted by Crippen LogP contribution is -2.45. The van der Waals surface area contributed by atoms with E-state index in [2.05, 4.69) is 15.2 Å². The fourth-order valence-corrected chi connectivity index (χ4v) is 4.25. The van der Waals surface area contributed by atoms with Crippen molar-refractivity contribution in [3.63, 3.8) is 0 Å². The van der Waals surface area contributed by atoms with Crippen molar-refractivity contribution in [2.45, 2.75) is 6.42 Å². The van der Waals surface area contributed by atoms with Crippen LogP contribution in [0.1, 0.15) is 5.56 Å². The van der Waals surface area contributed by atoms with Crippen LogP contribution in [0, 0.1) is 0 Å². The van der Waals surface area contributed by atoms with Crippen LogP contribution in [0.25, 0.3) is 10.9 Å². The molecule has 32 heavy (non-hydrogen) atoms. The standard InChI is InChI=1S/C24H26N4O4/c29-23(13-17-15-25-20-4-2-1-3-19(17)20)26-18-5-6-21-22(14-18)32-16-24(30)28(21)8-7-27-9-11-31-12-10-27/h1-6,14-15,25H,7-13,16H2,(H,26,29). The highest BCUT2D eigenvalue weighted by Crippen LogP contribution is 2.34. The number of nitrogens with zero attached hydrogens (tertiary/aromatic N) is 2. The number of fused-ring (bicyclic) bond motifs is 2. The monoisotopic (exact) mass is 434 g/mol. The number of carbonyl (C=O) groups excluding carboxylic acids is 2. The topological polar surface area (TPSA) is 86.9 Å². The number of para-hydroxylation sites is 1. The van der Waals surface area contributed by atoms with Crippen molar-refractivity contribution in [2.75, 3.05) is 56.2 Å². The molecule has 3 heterocycles. The van der Waals surface area contributed by atoms with Crippen LogP contribution in [-0.2, 0) is 20.7 Å². The average molecular weight is 434 g/mol. The minimum Gasteiger partial charge on any atom is -0.481 e. The van der Waals surface area contributed by atoms with E-state index >= 15 is 0 Å². The smallest absolute Gasteiger partial charge is 0.265 e. The van der Waals surface area contributed by atoms with Gasteiger partial charge in [0.2, 0.25) is 5.91 Å². The molecule has 0 radical (unpaired) electrons. The third-order valence-corrected chi connectivity index (χ3v) is 5.96. The van der Waals surface area contributed by atoms with Crippen LogP contribution in [0.4, 0.5) is 11.4 Å². The van der Waals surface area contributed by atoms with Gasteiger partial charge in [-0.15, -0.1) is 0 Å². The van der Waals surface area contributed by atoms with Gasteiger partial charge in [0, 0.05) is 55.0 Å². The molecule has 166 valence electrons. The van der Waals surface area contributed by atoms with E-state index in [-0.39, 0.29) is 24.8 Å². The molecule has 0 aliphatic carbocycles. The number of morpholine rings is 1. The van der Waals surface area contributed by atoms with Gasteiger partial charge in [-0.25, -0.2) is 0 Å². The molecule has 2 aromatic carbocycles. The number of rotatable bonds is 6. The number of aromatic amines is 1. The lowest BCUT2D eigenvalue weighted by atomic mass is 10.1. The SMILES string of the molecule is O=C(Cc1c[nH]c2ccccc12)Nc1ccc2c(c1)OCC(=O)N2CCN1CCOCC1. The Morgan fingerprint density at radius 2 is 1.94 bits per heavy atom. The normalized spacial score (nSPS) is 16.6. The summed E-state index contributed by atoms with van der Waals surface area (Å²) in [5, 5.41) is 3.99. The molecule has 3 aromatic rings. The largest absolute Gasteiger partial charge is 0.481 e. The third kappa shape index (κ3) is 4.32. The molecule has 5 rings (SSSR count). The molecule has 2 N–H and O–H groups in total. The molecule has 1 fully saturated rings. The number of benzene rings is 2. The number of hydrogen-bond donors (Lipinski definition) is 2. The molecule has 1 saturated heterocycles. The van der Waals surface area contributed by atoms with E-state index in [1.807, 2.05) is 42.6 Å². The predicted molar refractivity (Wildman–Crippen MR) is 122 cm³/mol. The molecule has 8 heteroatoms. The van der Waals surface area contributed by atoms with Crippen LogP contribution in [-0.4, -0.2) is 67.7 Å². The Labute approximate surface area is 186 Å². The Kier molecular flexibility index (Phi) is 5.79. The van der Waals surface area contributed by atoms with Gasteiger partial charge >= 0.3 is 0 Å². The van der Waals surface area contributed by atoms with Crippen molar-refractivity contribution in [1.82, 2.24) is 9.88 Å². The second kappa shape index (κ2) is 9.02. The van der Waals surface area contributed by atoms with Gasteiger partial charge in [-0.05, 0) is 23.8 Å². The fourth-order valence-electron chi connectivity index (χ4n) is 4.25. The zero-order valence-corrected chi connectivity index (χ0v) is 17.8. The summed E-state index contributed by atoms with van der Waals surface area (Å²) in [5.41, 5.74) is 3.35. The second-order valence-electron chi connectivity index (χ2n) is 8.06. The summed E-state index contributed by atoms with van der Waals surface area (Å²) >= 11 is 0. The maximum Gasteiger partial charge on any atom is 0.265 e. The first-order chi connectivity index (χ1) is 15.7. The van der Waals surface area contributed by atoms with E-state index in [4.69, 9.17) is 9.47 Å². The molecule has 8 nitrogen and oxygen atoms in total. The first kappa shape index (κ1) is 20.5. The van der Waals surface area contributed by atoms with Crippen molar-refractivity contribution >= 4 is 34.1 Å². The Morgan fingerprint density at radius 3 is 2.81 bits per heavy atom. The lowest BCUT2D eigenvalue weighted by Gasteiger charge is -2.33. The van der Waals surface area contributed by atoms with Crippen molar-refractivity contribution < 1.29 is 19.1 Å². The molecule has 0 bridgehead atoms. The molecule has 2 amide bonds. The first-order valence-electron chi connectivity index (χ1n) is 10.9. The van der Waals surface area contributed by atoms with Gasteiger partial charge in [0.1, 0.15) is 5.75 Å². The molecular weight excluding hydrogens is 408 g/mol.